The van der Waals surface area contributed by atoms with Crippen LogP contribution in [0.3, 0.4) is 0 Å². The van der Waals surface area contributed by atoms with Gasteiger partial charge in [0.2, 0.25) is 5.95 Å². The third-order valence-corrected chi connectivity index (χ3v) is 12.2. The quantitative estimate of drug-likeness (QED) is 0.175. The lowest BCUT2D eigenvalue weighted by molar-refractivity contribution is 0.668. The van der Waals surface area contributed by atoms with Gasteiger partial charge in [-0.3, -0.25) is 4.57 Å². The van der Waals surface area contributed by atoms with E-state index in [0.717, 1.165) is 82.7 Å². The lowest BCUT2D eigenvalue weighted by atomic mass is 10.0. The van der Waals surface area contributed by atoms with Crippen LogP contribution in [0, 0.1) is 0 Å². The Morgan fingerprint density at radius 2 is 0.885 bits per heavy atom. The van der Waals surface area contributed by atoms with Crippen LogP contribution in [0.1, 0.15) is 0 Å². The Hall–Kier alpha value is -8.35. The van der Waals surface area contributed by atoms with Gasteiger partial charge in [-0.1, -0.05) is 152 Å². The molecule has 13 rings (SSSR count). The van der Waals surface area contributed by atoms with Crippen molar-refractivity contribution in [3.8, 4) is 45.5 Å². The normalized spacial score (nSPS) is 11.9. The van der Waals surface area contributed by atoms with Crippen LogP contribution in [0.25, 0.3) is 122 Å². The van der Waals surface area contributed by atoms with Crippen molar-refractivity contribution in [2.45, 2.75) is 0 Å². The van der Waals surface area contributed by atoms with E-state index < -0.39 is 0 Å². The predicted octanol–water partition coefficient (Wildman–Crippen LogP) is 14.1. The molecule has 0 amide bonds. The highest BCUT2D eigenvalue weighted by atomic mass is 16.3. The number of hydrogen-bond donors (Lipinski definition) is 0. The fraction of sp³-hybridized carbons (Fsp3) is 0. The maximum absolute atomic E-state index is 6.75. The molecule has 284 valence electrons. The highest BCUT2D eigenvalue weighted by Crippen LogP contribution is 2.42. The first kappa shape index (κ1) is 33.6. The van der Waals surface area contributed by atoms with Crippen molar-refractivity contribution < 1.29 is 4.42 Å². The van der Waals surface area contributed by atoms with Crippen LogP contribution in [0.15, 0.2) is 205 Å². The van der Waals surface area contributed by atoms with Crippen LogP contribution in [0.5, 0.6) is 0 Å². The molecule has 4 heterocycles. The molecule has 0 saturated heterocycles. The van der Waals surface area contributed by atoms with Crippen molar-refractivity contribution in [3.63, 3.8) is 0 Å². The molecule has 9 aromatic carbocycles. The first-order chi connectivity index (χ1) is 30.2. The van der Waals surface area contributed by atoms with Crippen LogP contribution >= 0.6 is 0 Å². The molecule has 0 unspecified atom stereocenters. The molecule has 0 aliphatic rings. The molecule has 0 bridgehead atoms. The Labute approximate surface area is 349 Å². The predicted molar refractivity (Wildman–Crippen MR) is 250 cm³/mol. The molecule has 0 fully saturated rings. The molecule has 0 atom stereocenters. The fourth-order valence-electron chi connectivity index (χ4n) is 9.37. The molecule has 0 saturated carbocycles. The second kappa shape index (κ2) is 13.1. The van der Waals surface area contributed by atoms with Gasteiger partial charge in [-0.25, -0.2) is 4.98 Å². The molecule has 6 nitrogen and oxygen atoms in total. The summed E-state index contributed by atoms with van der Waals surface area (Å²) in [4.78, 5) is 16.1. The highest BCUT2D eigenvalue weighted by Gasteiger charge is 2.23. The SMILES string of the molecule is c1ccc(-c2ccc(-c3nc(-c4cc(-n5c6ccccc6c6cc7ccccc7cc65)cc5oc6ccccc6c45)nc(-n4c5ccccc5c5ccccc54)n3)cc2)cc1. The van der Waals surface area contributed by atoms with Crippen molar-refractivity contribution in [3.05, 3.63) is 200 Å². The van der Waals surface area contributed by atoms with Gasteiger partial charge in [0.25, 0.3) is 0 Å². The van der Waals surface area contributed by atoms with Crippen LogP contribution in [-0.4, -0.2) is 24.1 Å². The van der Waals surface area contributed by atoms with Gasteiger partial charge in [0.15, 0.2) is 11.6 Å². The minimum Gasteiger partial charge on any atom is -0.456 e. The van der Waals surface area contributed by atoms with E-state index in [4.69, 9.17) is 19.4 Å². The van der Waals surface area contributed by atoms with E-state index in [2.05, 4.69) is 191 Å². The van der Waals surface area contributed by atoms with Crippen molar-refractivity contribution >= 4 is 76.3 Å². The summed E-state index contributed by atoms with van der Waals surface area (Å²) in [5.41, 5.74) is 10.8. The van der Waals surface area contributed by atoms with Gasteiger partial charge in [-0.15, -0.1) is 0 Å². The van der Waals surface area contributed by atoms with E-state index in [-0.39, 0.29) is 0 Å². The van der Waals surface area contributed by atoms with Gasteiger partial charge < -0.3 is 8.98 Å². The lowest BCUT2D eigenvalue weighted by Crippen LogP contribution is -2.07. The van der Waals surface area contributed by atoms with E-state index in [9.17, 15) is 0 Å². The number of para-hydroxylation sites is 4. The summed E-state index contributed by atoms with van der Waals surface area (Å²) in [6, 6.07) is 70.3. The number of aromatic nitrogens is 5. The van der Waals surface area contributed by atoms with Crippen molar-refractivity contribution in [1.82, 2.24) is 24.1 Å². The van der Waals surface area contributed by atoms with Crippen LogP contribution in [0.2, 0.25) is 0 Å². The molecular weight excluding hydrogens is 747 g/mol. The van der Waals surface area contributed by atoms with Crippen molar-refractivity contribution in [1.29, 1.82) is 0 Å². The maximum atomic E-state index is 6.75. The van der Waals surface area contributed by atoms with Crippen LogP contribution in [0.4, 0.5) is 0 Å². The topological polar surface area (TPSA) is 61.7 Å². The molecular formula is C55H33N5O. The van der Waals surface area contributed by atoms with Crippen LogP contribution in [-0.2, 0) is 0 Å². The Kier molecular flexibility index (Phi) is 7.21. The highest BCUT2D eigenvalue weighted by molar-refractivity contribution is 6.16. The summed E-state index contributed by atoms with van der Waals surface area (Å²) in [5, 5.41) is 8.99. The summed E-state index contributed by atoms with van der Waals surface area (Å²) >= 11 is 0. The van der Waals surface area contributed by atoms with E-state index >= 15 is 0 Å². The van der Waals surface area contributed by atoms with Crippen molar-refractivity contribution in [2.24, 2.45) is 0 Å². The first-order valence-corrected chi connectivity index (χ1v) is 20.5. The Morgan fingerprint density at radius 1 is 0.344 bits per heavy atom. The summed E-state index contributed by atoms with van der Waals surface area (Å²) < 4.78 is 11.3. The summed E-state index contributed by atoms with van der Waals surface area (Å²) in [6.45, 7) is 0. The average molecular weight is 780 g/mol. The largest absolute Gasteiger partial charge is 0.456 e. The number of benzene rings is 9. The second-order valence-corrected chi connectivity index (χ2v) is 15.6. The zero-order valence-corrected chi connectivity index (χ0v) is 32.7. The van der Waals surface area contributed by atoms with E-state index in [1.54, 1.807) is 0 Å². The zero-order valence-electron chi connectivity index (χ0n) is 32.7. The third-order valence-electron chi connectivity index (χ3n) is 12.2. The molecule has 61 heavy (non-hydrogen) atoms. The van der Waals surface area contributed by atoms with Gasteiger partial charge in [0, 0.05) is 49.5 Å². The minimum absolute atomic E-state index is 0.541. The number of rotatable bonds is 5. The smallest absolute Gasteiger partial charge is 0.238 e. The van der Waals surface area contributed by atoms with Crippen molar-refractivity contribution in [2.75, 3.05) is 0 Å². The lowest BCUT2D eigenvalue weighted by Gasteiger charge is -2.14. The second-order valence-electron chi connectivity index (χ2n) is 15.6. The monoisotopic (exact) mass is 779 g/mol. The van der Waals surface area contributed by atoms with Gasteiger partial charge in [-0.05, 0) is 64.4 Å². The molecule has 0 aliphatic heterocycles. The molecule has 6 heteroatoms. The first-order valence-electron chi connectivity index (χ1n) is 20.5. The zero-order chi connectivity index (χ0) is 40.0. The van der Waals surface area contributed by atoms with Gasteiger partial charge in [-0.2, -0.15) is 9.97 Å². The Bertz CT molecular complexity index is 3820. The van der Waals surface area contributed by atoms with E-state index in [1.165, 1.54) is 21.5 Å². The van der Waals surface area contributed by atoms with Crippen LogP contribution < -0.4 is 0 Å². The maximum Gasteiger partial charge on any atom is 0.238 e. The van der Waals surface area contributed by atoms with Gasteiger partial charge in [0.05, 0.1) is 27.8 Å². The third kappa shape index (κ3) is 5.19. The molecule has 0 aliphatic carbocycles. The standard InChI is InChI=1S/C55H33N5O/c1-2-14-34(15-3-1)35-26-28-36(29-27-35)53-56-54(58-55(57-53)60-47-23-11-6-18-40(47)41-19-7-12-24-48(41)60)45-32-39(33-51-52(45)43-21-9-13-25-50(43)61-51)59-46-22-10-8-20-42(46)44-30-37-16-4-5-17-38(37)31-49(44)59/h1-33H. The Morgan fingerprint density at radius 3 is 1.61 bits per heavy atom. The summed E-state index contributed by atoms with van der Waals surface area (Å²) in [6.07, 6.45) is 0. The molecule has 0 spiro atoms. The summed E-state index contributed by atoms with van der Waals surface area (Å²) in [7, 11) is 0. The Balaban J connectivity index is 1.12. The summed E-state index contributed by atoms with van der Waals surface area (Å²) in [5.74, 6) is 1.68. The molecule has 0 N–H and O–H groups in total. The fourth-order valence-corrected chi connectivity index (χ4v) is 9.37. The van der Waals surface area contributed by atoms with E-state index in [0.29, 0.717) is 17.6 Å². The average Bonchev–Trinajstić information content (AvgIpc) is 3.98. The number of hydrogen-bond acceptors (Lipinski definition) is 4. The number of furan rings is 1. The van der Waals surface area contributed by atoms with Gasteiger partial charge >= 0.3 is 0 Å². The van der Waals surface area contributed by atoms with E-state index in [1.807, 2.05) is 18.2 Å². The molecule has 4 aromatic heterocycles. The molecule has 0 radical (unpaired) electrons. The number of nitrogens with zero attached hydrogens (tertiary/aromatic N) is 5. The minimum atomic E-state index is 0.541. The van der Waals surface area contributed by atoms with Gasteiger partial charge in [0.1, 0.15) is 11.2 Å². The molecule has 13 aromatic rings. The number of fused-ring (bicyclic) bond motifs is 10.